The fourth-order valence-corrected chi connectivity index (χ4v) is 4.97. The van der Waals surface area contributed by atoms with Gasteiger partial charge in [-0.1, -0.05) is 20.8 Å². The number of amides is 2. The lowest BCUT2D eigenvalue weighted by Gasteiger charge is -2.33. The van der Waals surface area contributed by atoms with E-state index < -0.39 is 46.5 Å². The average molecular weight is 446 g/mol. The monoisotopic (exact) mass is 446 g/mol. The lowest BCUT2D eigenvalue weighted by Crippen LogP contribution is -2.27. The van der Waals surface area contributed by atoms with Gasteiger partial charge in [-0.3, -0.25) is 9.59 Å². The molecule has 1 aliphatic rings. The van der Waals surface area contributed by atoms with Crippen LogP contribution in [0, 0.1) is 40.4 Å². The number of anilines is 1. The van der Waals surface area contributed by atoms with Gasteiger partial charge in [0, 0.05) is 4.88 Å². The number of hydrogen-bond donors (Lipinski definition) is 2. The van der Waals surface area contributed by atoms with Gasteiger partial charge in [-0.05, 0) is 36.2 Å². The van der Waals surface area contributed by atoms with Crippen LogP contribution in [0.1, 0.15) is 58.3 Å². The maximum Gasteiger partial charge on any atom is 0.262 e. The number of primary amides is 1. The van der Waals surface area contributed by atoms with E-state index in [2.05, 4.69) is 26.1 Å². The van der Waals surface area contributed by atoms with E-state index in [1.165, 1.54) is 0 Å². The summed E-state index contributed by atoms with van der Waals surface area (Å²) >= 11 is 1.02. The second-order valence-corrected chi connectivity index (χ2v) is 9.38. The van der Waals surface area contributed by atoms with E-state index in [0.717, 1.165) is 22.6 Å². The van der Waals surface area contributed by atoms with Crippen LogP contribution in [0.4, 0.5) is 27.0 Å². The average Bonchev–Trinajstić information content (AvgIpc) is 3.01. The van der Waals surface area contributed by atoms with Gasteiger partial charge in [-0.25, -0.2) is 22.0 Å². The fourth-order valence-electron chi connectivity index (χ4n) is 3.64. The quantitative estimate of drug-likeness (QED) is 0.398. The van der Waals surface area contributed by atoms with Crippen LogP contribution in [-0.2, 0) is 12.8 Å². The largest absolute Gasteiger partial charge is 0.365 e. The highest BCUT2D eigenvalue weighted by Gasteiger charge is 2.35. The highest BCUT2D eigenvalue weighted by Crippen LogP contribution is 2.44. The minimum absolute atomic E-state index is 0.000388. The first-order chi connectivity index (χ1) is 13.8. The molecule has 0 saturated heterocycles. The van der Waals surface area contributed by atoms with E-state index in [1.807, 2.05) is 0 Å². The number of nitrogens with one attached hydrogen (secondary N) is 1. The molecule has 10 heteroatoms. The van der Waals surface area contributed by atoms with Gasteiger partial charge < -0.3 is 11.1 Å². The third-order valence-corrected chi connectivity index (χ3v) is 6.57. The zero-order valence-corrected chi connectivity index (χ0v) is 17.2. The first-order valence-electron chi connectivity index (χ1n) is 9.11. The van der Waals surface area contributed by atoms with Gasteiger partial charge in [0.15, 0.2) is 23.3 Å². The first-order valence-corrected chi connectivity index (χ1v) is 9.93. The Morgan fingerprint density at radius 3 is 2.00 bits per heavy atom. The Morgan fingerprint density at radius 1 is 0.967 bits per heavy atom. The van der Waals surface area contributed by atoms with Crippen LogP contribution in [0.5, 0.6) is 0 Å². The molecular formula is C20H19F5N2O2S. The first kappa shape index (κ1) is 22.2. The minimum atomic E-state index is -2.36. The van der Waals surface area contributed by atoms with Crippen LogP contribution in [0.3, 0.4) is 0 Å². The molecule has 4 nitrogen and oxygen atoms in total. The van der Waals surface area contributed by atoms with Crippen molar-refractivity contribution in [3.63, 3.8) is 0 Å². The van der Waals surface area contributed by atoms with Crippen LogP contribution in [0.2, 0.25) is 0 Å². The van der Waals surface area contributed by atoms with Crippen LogP contribution in [0.25, 0.3) is 0 Å². The smallest absolute Gasteiger partial charge is 0.262 e. The van der Waals surface area contributed by atoms with E-state index in [-0.39, 0.29) is 16.0 Å². The molecule has 3 N–H and O–H groups in total. The number of carbonyl (C=O) groups excluding carboxylic acids is 2. The third kappa shape index (κ3) is 3.68. The van der Waals surface area contributed by atoms with Gasteiger partial charge in [0.05, 0.1) is 5.56 Å². The molecule has 1 aromatic carbocycles. The summed E-state index contributed by atoms with van der Waals surface area (Å²) in [5.74, 6) is -13.4. The summed E-state index contributed by atoms with van der Waals surface area (Å²) in [5.41, 5.74) is 4.45. The zero-order chi connectivity index (χ0) is 22.5. The molecule has 162 valence electrons. The van der Waals surface area contributed by atoms with E-state index in [0.29, 0.717) is 24.3 Å². The second-order valence-electron chi connectivity index (χ2n) is 8.28. The molecule has 1 aliphatic carbocycles. The number of carbonyl (C=O) groups is 2. The molecule has 2 aromatic rings. The van der Waals surface area contributed by atoms with Crippen molar-refractivity contribution >= 4 is 28.2 Å². The normalized spacial score (nSPS) is 16.3. The third-order valence-electron chi connectivity index (χ3n) is 5.40. The van der Waals surface area contributed by atoms with Crippen molar-refractivity contribution in [1.82, 2.24) is 0 Å². The van der Waals surface area contributed by atoms with Gasteiger partial charge in [-0.2, -0.15) is 0 Å². The van der Waals surface area contributed by atoms with Crippen molar-refractivity contribution in [2.24, 2.45) is 17.1 Å². The van der Waals surface area contributed by atoms with Crippen LogP contribution in [-0.4, -0.2) is 11.8 Å². The SMILES string of the molecule is CC(C)(C)[C@H]1CCc2c(sc(NC(=O)c3c(F)c(F)c(F)c(F)c3F)c2C(N)=O)C1. The minimum Gasteiger partial charge on any atom is -0.365 e. The van der Waals surface area contributed by atoms with Gasteiger partial charge in [0.25, 0.3) is 11.8 Å². The molecule has 3 rings (SSSR count). The predicted octanol–water partition coefficient (Wildman–Crippen LogP) is 4.95. The van der Waals surface area contributed by atoms with Crippen LogP contribution >= 0.6 is 11.3 Å². The molecule has 30 heavy (non-hydrogen) atoms. The Labute approximate surface area is 173 Å². The Kier molecular flexibility index (Phi) is 5.66. The van der Waals surface area contributed by atoms with E-state index in [9.17, 15) is 31.5 Å². The Hall–Kier alpha value is -2.49. The maximum atomic E-state index is 14.0. The zero-order valence-electron chi connectivity index (χ0n) is 16.4. The van der Waals surface area contributed by atoms with Crippen LogP contribution in [0.15, 0.2) is 0 Å². The maximum absolute atomic E-state index is 14.0. The Morgan fingerprint density at radius 2 is 1.50 bits per heavy atom. The molecule has 0 spiro atoms. The van der Waals surface area contributed by atoms with E-state index in [1.54, 1.807) is 0 Å². The lowest BCUT2D eigenvalue weighted by molar-refractivity contribution is 0.1000. The molecule has 1 atom stereocenters. The summed E-state index contributed by atoms with van der Waals surface area (Å²) < 4.78 is 68.0. The number of nitrogens with two attached hydrogens (primary N) is 1. The molecular weight excluding hydrogens is 427 g/mol. The molecule has 0 fully saturated rings. The lowest BCUT2D eigenvalue weighted by atomic mass is 9.72. The summed E-state index contributed by atoms with van der Waals surface area (Å²) in [6.45, 7) is 6.24. The fraction of sp³-hybridized carbons (Fsp3) is 0.400. The van der Waals surface area contributed by atoms with Gasteiger partial charge in [0.2, 0.25) is 5.82 Å². The van der Waals surface area contributed by atoms with Crippen LogP contribution < -0.4 is 11.1 Å². The van der Waals surface area contributed by atoms with Crippen molar-refractivity contribution in [1.29, 1.82) is 0 Å². The number of benzene rings is 1. The van der Waals surface area contributed by atoms with E-state index >= 15 is 0 Å². The van der Waals surface area contributed by atoms with Crippen molar-refractivity contribution < 1.29 is 31.5 Å². The van der Waals surface area contributed by atoms with Crippen molar-refractivity contribution in [2.45, 2.75) is 40.0 Å². The Balaban J connectivity index is 2.02. The number of fused-ring (bicyclic) bond motifs is 1. The van der Waals surface area contributed by atoms with Crippen molar-refractivity contribution in [3.05, 3.63) is 50.7 Å². The van der Waals surface area contributed by atoms with Crippen molar-refractivity contribution in [2.75, 3.05) is 5.32 Å². The summed E-state index contributed by atoms with van der Waals surface area (Å²) in [4.78, 5) is 25.2. The van der Waals surface area contributed by atoms with Gasteiger partial charge in [0.1, 0.15) is 10.6 Å². The second kappa shape index (κ2) is 7.64. The summed E-state index contributed by atoms with van der Waals surface area (Å²) in [7, 11) is 0. The number of hydrogen-bond acceptors (Lipinski definition) is 3. The topological polar surface area (TPSA) is 72.2 Å². The molecule has 1 aromatic heterocycles. The Bertz CT molecular complexity index is 1030. The van der Waals surface area contributed by atoms with E-state index in [4.69, 9.17) is 5.73 Å². The molecule has 0 radical (unpaired) electrons. The van der Waals surface area contributed by atoms with Gasteiger partial charge in [-0.15, -0.1) is 11.3 Å². The number of thiophene rings is 1. The molecule has 0 bridgehead atoms. The highest BCUT2D eigenvalue weighted by atomic mass is 32.1. The number of halogens is 5. The van der Waals surface area contributed by atoms with Gasteiger partial charge >= 0.3 is 0 Å². The van der Waals surface area contributed by atoms with Crippen molar-refractivity contribution in [3.8, 4) is 0 Å². The molecule has 0 saturated carbocycles. The molecule has 1 heterocycles. The molecule has 2 amide bonds. The summed E-state index contributed by atoms with van der Waals surface area (Å²) in [6.07, 6.45) is 1.91. The summed E-state index contributed by atoms with van der Waals surface area (Å²) in [5, 5.41) is 2.04. The predicted molar refractivity (Wildman–Crippen MR) is 102 cm³/mol. The standard InChI is InChI=1S/C20H19F5N2O2S/c1-20(2,3)7-4-5-8-9(6-7)30-19(10(8)17(26)28)27-18(29)11-12(21)14(23)16(25)15(24)13(11)22/h7H,4-6H2,1-3H3,(H2,26,28)(H,27,29)/t7-/m0/s1. The molecule has 0 aliphatic heterocycles. The molecule has 0 unspecified atom stereocenters. The highest BCUT2D eigenvalue weighted by molar-refractivity contribution is 7.17. The number of rotatable bonds is 3. The summed E-state index contributed by atoms with van der Waals surface area (Å²) in [6, 6.07) is 0.